The number of hydrogen-bond donors (Lipinski definition) is 2. The van der Waals surface area contributed by atoms with Crippen LogP contribution in [0.4, 0.5) is 0 Å². The van der Waals surface area contributed by atoms with Gasteiger partial charge in [-0.25, -0.2) is 8.42 Å². The van der Waals surface area contributed by atoms with Crippen LogP contribution in [0.15, 0.2) is 0 Å². The Kier molecular flexibility index (Phi) is 5.40. The first-order valence-corrected chi connectivity index (χ1v) is 9.13. The minimum absolute atomic E-state index is 0.128. The average molecular weight is 303 g/mol. The van der Waals surface area contributed by atoms with E-state index < -0.39 is 16.1 Å². The van der Waals surface area contributed by atoms with Crippen LogP contribution in [0.2, 0.25) is 0 Å². The minimum atomic E-state index is -3.30. The maximum atomic E-state index is 12.3. The molecular formula is C13H25N3O3S. The molecule has 2 saturated heterocycles. The Balaban J connectivity index is 1.96. The lowest BCUT2D eigenvalue weighted by atomic mass is 10.0. The first-order chi connectivity index (χ1) is 9.54. The van der Waals surface area contributed by atoms with E-state index in [9.17, 15) is 13.2 Å². The highest BCUT2D eigenvalue weighted by atomic mass is 32.2. The zero-order valence-electron chi connectivity index (χ0n) is 12.1. The van der Waals surface area contributed by atoms with Gasteiger partial charge < -0.3 is 10.6 Å². The SMILES string of the molecule is CCCS(=O)(=O)N1CCCCC1C(=O)NCC1CNC1. The van der Waals surface area contributed by atoms with Gasteiger partial charge in [0.25, 0.3) is 0 Å². The molecule has 7 heteroatoms. The summed E-state index contributed by atoms with van der Waals surface area (Å²) in [4.78, 5) is 12.3. The third-order valence-electron chi connectivity index (χ3n) is 4.01. The quantitative estimate of drug-likeness (QED) is 0.719. The Morgan fingerprint density at radius 1 is 1.35 bits per heavy atom. The normalized spacial score (nSPS) is 25.1. The lowest BCUT2D eigenvalue weighted by molar-refractivity contribution is -0.125. The Morgan fingerprint density at radius 2 is 2.10 bits per heavy atom. The lowest BCUT2D eigenvalue weighted by Gasteiger charge is -2.34. The van der Waals surface area contributed by atoms with Crippen molar-refractivity contribution in [3.8, 4) is 0 Å². The molecule has 1 amide bonds. The second kappa shape index (κ2) is 6.87. The highest BCUT2D eigenvalue weighted by molar-refractivity contribution is 7.89. The van der Waals surface area contributed by atoms with Crippen LogP contribution >= 0.6 is 0 Å². The predicted molar refractivity (Wildman–Crippen MR) is 77.8 cm³/mol. The Labute approximate surface area is 121 Å². The van der Waals surface area contributed by atoms with Crippen LogP contribution in [-0.2, 0) is 14.8 Å². The number of amides is 1. The average Bonchev–Trinajstić information content (AvgIpc) is 2.36. The molecule has 1 atom stereocenters. The topological polar surface area (TPSA) is 78.5 Å². The fourth-order valence-electron chi connectivity index (χ4n) is 2.73. The second-order valence-electron chi connectivity index (χ2n) is 5.71. The van der Waals surface area contributed by atoms with E-state index in [2.05, 4.69) is 10.6 Å². The number of nitrogens with one attached hydrogen (secondary N) is 2. The van der Waals surface area contributed by atoms with Crippen molar-refractivity contribution >= 4 is 15.9 Å². The third kappa shape index (κ3) is 3.71. The number of hydrogen-bond acceptors (Lipinski definition) is 4. The standard InChI is InChI=1S/C13H25N3O3S/c1-2-7-20(18,19)16-6-4-3-5-12(16)13(17)15-10-11-8-14-9-11/h11-12,14H,2-10H2,1H3,(H,15,17). The summed E-state index contributed by atoms with van der Waals surface area (Å²) in [6.45, 7) is 4.83. The molecule has 0 saturated carbocycles. The van der Waals surface area contributed by atoms with Crippen molar-refractivity contribution in [1.82, 2.24) is 14.9 Å². The molecule has 0 aromatic heterocycles. The van der Waals surface area contributed by atoms with Crippen LogP contribution in [0, 0.1) is 5.92 Å². The maximum absolute atomic E-state index is 12.3. The van der Waals surface area contributed by atoms with Gasteiger partial charge in [-0.3, -0.25) is 4.79 Å². The summed E-state index contributed by atoms with van der Waals surface area (Å²) >= 11 is 0. The lowest BCUT2D eigenvalue weighted by Crippen LogP contribution is -2.55. The maximum Gasteiger partial charge on any atom is 0.238 e. The van der Waals surface area contributed by atoms with Crippen LogP contribution in [0.3, 0.4) is 0 Å². The minimum Gasteiger partial charge on any atom is -0.354 e. The summed E-state index contributed by atoms with van der Waals surface area (Å²) in [5, 5.41) is 6.07. The van der Waals surface area contributed by atoms with Crippen LogP contribution in [0.25, 0.3) is 0 Å². The van der Waals surface area contributed by atoms with E-state index in [0.29, 0.717) is 31.8 Å². The number of carbonyl (C=O) groups excluding carboxylic acids is 1. The van der Waals surface area contributed by atoms with Crippen molar-refractivity contribution < 1.29 is 13.2 Å². The van der Waals surface area contributed by atoms with E-state index in [1.807, 2.05) is 6.92 Å². The van der Waals surface area contributed by atoms with Gasteiger partial charge in [0, 0.05) is 32.1 Å². The Hall–Kier alpha value is -0.660. The summed E-state index contributed by atoms with van der Waals surface area (Å²) in [5.41, 5.74) is 0. The molecule has 0 radical (unpaired) electrons. The highest BCUT2D eigenvalue weighted by Gasteiger charge is 2.36. The molecule has 2 rings (SSSR count). The molecule has 0 bridgehead atoms. The summed E-state index contributed by atoms with van der Waals surface area (Å²) in [7, 11) is -3.30. The van der Waals surface area contributed by atoms with Gasteiger partial charge in [0.15, 0.2) is 0 Å². The van der Waals surface area contributed by atoms with Crippen LogP contribution in [0.5, 0.6) is 0 Å². The molecular weight excluding hydrogens is 278 g/mol. The van der Waals surface area contributed by atoms with Gasteiger partial charge in [-0.2, -0.15) is 4.31 Å². The van der Waals surface area contributed by atoms with Gasteiger partial charge in [0.05, 0.1) is 5.75 Å². The molecule has 0 aromatic rings. The van der Waals surface area contributed by atoms with Gasteiger partial charge in [-0.1, -0.05) is 13.3 Å². The van der Waals surface area contributed by atoms with Gasteiger partial charge >= 0.3 is 0 Å². The van der Waals surface area contributed by atoms with E-state index in [4.69, 9.17) is 0 Å². The molecule has 20 heavy (non-hydrogen) atoms. The molecule has 0 aliphatic carbocycles. The number of carbonyl (C=O) groups is 1. The summed E-state index contributed by atoms with van der Waals surface area (Å²) in [6, 6.07) is -0.506. The molecule has 2 N–H and O–H groups in total. The molecule has 116 valence electrons. The van der Waals surface area contributed by atoms with Crippen LogP contribution in [-0.4, -0.2) is 56.6 Å². The first kappa shape index (κ1) is 15.7. The molecule has 2 aliphatic heterocycles. The molecule has 2 aliphatic rings. The molecule has 2 fully saturated rings. The summed E-state index contributed by atoms with van der Waals surface area (Å²) in [5.74, 6) is 0.489. The van der Waals surface area contributed by atoms with Crippen molar-refractivity contribution in [1.29, 1.82) is 0 Å². The molecule has 0 aromatic carbocycles. The van der Waals surface area contributed by atoms with Gasteiger partial charge in [-0.05, 0) is 19.3 Å². The number of sulfonamides is 1. The summed E-state index contributed by atoms with van der Waals surface area (Å²) in [6.07, 6.45) is 2.99. The molecule has 2 heterocycles. The first-order valence-electron chi connectivity index (χ1n) is 7.52. The zero-order valence-corrected chi connectivity index (χ0v) is 12.9. The third-order valence-corrected chi connectivity index (χ3v) is 6.08. The van der Waals surface area contributed by atoms with Crippen LogP contribution < -0.4 is 10.6 Å². The van der Waals surface area contributed by atoms with Crippen molar-refractivity contribution in [3.05, 3.63) is 0 Å². The van der Waals surface area contributed by atoms with Crippen LogP contribution in [0.1, 0.15) is 32.6 Å². The molecule has 6 nitrogen and oxygen atoms in total. The zero-order chi connectivity index (χ0) is 14.6. The predicted octanol–water partition coefficient (Wildman–Crippen LogP) is -0.0837. The van der Waals surface area contributed by atoms with Gasteiger partial charge in [-0.15, -0.1) is 0 Å². The largest absolute Gasteiger partial charge is 0.354 e. The van der Waals surface area contributed by atoms with E-state index in [1.54, 1.807) is 0 Å². The van der Waals surface area contributed by atoms with Crippen molar-refractivity contribution in [2.24, 2.45) is 5.92 Å². The fraction of sp³-hybridized carbons (Fsp3) is 0.923. The monoisotopic (exact) mass is 303 g/mol. The number of rotatable bonds is 6. The Bertz CT molecular complexity index is 434. The van der Waals surface area contributed by atoms with Crippen molar-refractivity contribution in [3.63, 3.8) is 0 Å². The van der Waals surface area contributed by atoms with E-state index in [-0.39, 0.29) is 11.7 Å². The fourth-order valence-corrected chi connectivity index (χ4v) is 4.48. The van der Waals surface area contributed by atoms with E-state index in [0.717, 1.165) is 25.9 Å². The molecule has 1 unspecified atom stereocenters. The van der Waals surface area contributed by atoms with Crippen molar-refractivity contribution in [2.75, 3.05) is 31.9 Å². The highest BCUT2D eigenvalue weighted by Crippen LogP contribution is 2.21. The van der Waals surface area contributed by atoms with E-state index >= 15 is 0 Å². The summed E-state index contributed by atoms with van der Waals surface area (Å²) < 4.78 is 25.9. The van der Waals surface area contributed by atoms with Crippen molar-refractivity contribution in [2.45, 2.75) is 38.6 Å². The smallest absolute Gasteiger partial charge is 0.238 e. The number of piperidine rings is 1. The number of nitrogens with zero attached hydrogens (tertiary/aromatic N) is 1. The van der Waals surface area contributed by atoms with Gasteiger partial charge in [0.2, 0.25) is 15.9 Å². The van der Waals surface area contributed by atoms with E-state index in [1.165, 1.54) is 4.31 Å². The van der Waals surface area contributed by atoms with Gasteiger partial charge in [0.1, 0.15) is 6.04 Å². The second-order valence-corrected chi connectivity index (χ2v) is 7.75. The molecule has 0 spiro atoms. The Morgan fingerprint density at radius 3 is 2.70 bits per heavy atom.